The molecule has 0 spiro atoms. The average Bonchev–Trinajstić information content (AvgIpc) is 3.16. The fourth-order valence-electron chi connectivity index (χ4n) is 6.49. The lowest BCUT2D eigenvalue weighted by Gasteiger charge is -2.17. The smallest absolute Gasteiger partial charge is 0.167 e. The van der Waals surface area contributed by atoms with Gasteiger partial charge in [0.15, 0.2) is 17.5 Å². The molecule has 0 unspecified atom stereocenters. The van der Waals surface area contributed by atoms with Crippen LogP contribution in [0.2, 0.25) is 0 Å². The van der Waals surface area contributed by atoms with Gasteiger partial charge in [0.25, 0.3) is 0 Å². The fourth-order valence-corrected chi connectivity index (χ4v) is 6.49. The quantitative estimate of drug-likeness (QED) is 0.0661. The first-order valence-electron chi connectivity index (χ1n) is 20.3. The van der Waals surface area contributed by atoms with Crippen molar-refractivity contribution in [2.75, 3.05) is 13.2 Å². The Kier molecular flexibility index (Phi) is 17.8. The lowest BCUT2D eigenvalue weighted by molar-refractivity contribution is 0.300. The summed E-state index contributed by atoms with van der Waals surface area (Å²) in [6.45, 7) is 10.1. The Labute approximate surface area is 313 Å². The first-order chi connectivity index (χ1) is 25.5. The molecule has 7 nitrogen and oxygen atoms in total. The molecule has 0 aliphatic heterocycles. The number of nitrogens with zero attached hydrogens (tertiary/aromatic N) is 3. The van der Waals surface area contributed by atoms with Gasteiger partial charge in [0.1, 0.15) is 23.0 Å². The second-order valence-electron chi connectivity index (χ2n) is 14.1. The predicted molar refractivity (Wildman–Crippen MR) is 214 cm³/mol. The molecule has 3 aromatic carbocycles. The van der Waals surface area contributed by atoms with E-state index in [9.17, 15) is 10.2 Å². The molecule has 0 amide bonds. The van der Waals surface area contributed by atoms with E-state index >= 15 is 0 Å². The third-order valence-electron chi connectivity index (χ3n) is 9.62. The van der Waals surface area contributed by atoms with E-state index in [1.165, 1.54) is 38.5 Å². The molecule has 0 aliphatic rings. The maximum absolute atomic E-state index is 11.5. The van der Waals surface area contributed by atoms with Gasteiger partial charge in [-0.15, -0.1) is 0 Å². The van der Waals surface area contributed by atoms with Crippen LogP contribution in [0.25, 0.3) is 34.2 Å². The summed E-state index contributed by atoms with van der Waals surface area (Å²) in [4.78, 5) is 14.8. The van der Waals surface area contributed by atoms with Crippen LogP contribution in [-0.4, -0.2) is 38.4 Å². The molecule has 52 heavy (non-hydrogen) atoms. The fraction of sp³-hybridized carbons (Fsp3) is 0.533. The van der Waals surface area contributed by atoms with Crippen LogP contribution in [0.15, 0.2) is 54.6 Å². The summed E-state index contributed by atoms with van der Waals surface area (Å²) in [7, 11) is 0. The minimum absolute atomic E-state index is 0.0599. The number of phenols is 2. The van der Waals surface area contributed by atoms with Crippen LogP contribution in [0.5, 0.6) is 23.0 Å². The van der Waals surface area contributed by atoms with E-state index in [1.54, 1.807) is 12.1 Å². The third-order valence-corrected chi connectivity index (χ3v) is 9.62. The van der Waals surface area contributed by atoms with Crippen molar-refractivity contribution in [3.05, 3.63) is 65.7 Å². The van der Waals surface area contributed by atoms with Crippen molar-refractivity contribution in [2.24, 2.45) is 0 Å². The highest BCUT2D eigenvalue weighted by molar-refractivity contribution is 5.74. The molecule has 282 valence electrons. The summed E-state index contributed by atoms with van der Waals surface area (Å²) in [6.07, 6.45) is 19.6. The zero-order chi connectivity index (χ0) is 37.0. The number of rotatable bonds is 25. The number of ether oxygens (including phenoxy) is 2. The minimum Gasteiger partial charge on any atom is -0.507 e. The van der Waals surface area contributed by atoms with Crippen LogP contribution in [0.3, 0.4) is 0 Å². The van der Waals surface area contributed by atoms with Gasteiger partial charge in [-0.1, -0.05) is 135 Å². The van der Waals surface area contributed by atoms with E-state index in [4.69, 9.17) is 24.4 Å². The van der Waals surface area contributed by atoms with Crippen molar-refractivity contribution >= 4 is 0 Å². The first kappa shape index (κ1) is 40.6. The zero-order valence-electron chi connectivity index (χ0n) is 32.4. The molecule has 1 aromatic heterocycles. The van der Waals surface area contributed by atoms with Gasteiger partial charge < -0.3 is 19.7 Å². The molecule has 0 aliphatic carbocycles. The lowest BCUT2D eigenvalue weighted by atomic mass is 10.0. The second kappa shape index (κ2) is 22.7. The van der Waals surface area contributed by atoms with Crippen LogP contribution < -0.4 is 9.47 Å². The number of benzene rings is 3. The molecule has 7 heteroatoms. The molecule has 0 saturated heterocycles. The van der Waals surface area contributed by atoms with Crippen LogP contribution in [0.4, 0.5) is 0 Å². The summed E-state index contributed by atoms with van der Waals surface area (Å²) in [5.41, 5.74) is 3.96. The van der Waals surface area contributed by atoms with Crippen LogP contribution in [-0.2, 0) is 12.8 Å². The van der Waals surface area contributed by atoms with Crippen molar-refractivity contribution < 1.29 is 19.7 Å². The number of aromatic nitrogens is 3. The lowest BCUT2D eigenvalue weighted by Crippen LogP contribution is -2.04. The number of unbranched alkanes of at least 4 members (excludes halogenated alkanes) is 12. The highest BCUT2D eigenvalue weighted by Crippen LogP contribution is 2.39. The van der Waals surface area contributed by atoms with Crippen LogP contribution in [0, 0.1) is 0 Å². The maximum atomic E-state index is 11.5. The molecule has 4 rings (SSSR count). The average molecular weight is 710 g/mol. The third kappa shape index (κ3) is 12.5. The number of phenolic OH excluding ortho intramolecular Hbond substituents is 2. The van der Waals surface area contributed by atoms with Crippen LogP contribution >= 0.6 is 0 Å². The summed E-state index contributed by atoms with van der Waals surface area (Å²) in [6, 6.07) is 17.2. The number of hydrogen-bond acceptors (Lipinski definition) is 7. The van der Waals surface area contributed by atoms with E-state index in [0.717, 1.165) is 105 Å². The van der Waals surface area contributed by atoms with Gasteiger partial charge in [-0.3, -0.25) is 0 Å². The Balaban J connectivity index is 1.78. The SMILES string of the molecule is CCCCCCOc1cc(O)c(-c2nc(-c3ccccc3)nc(-c3cc(CCCCCC)c(OCCCCCC)cc3O)n2)cc1CCCCCC. The number of aryl methyl sites for hydroxylation is 2. The number of hydrogen-bond donors (Lipinski definition) is 2. The zero-order valence-corrected chi connectivity index (χ0v) is 32.4. The Morgan fingerprint density at radius 2 is 0.865 bits per heavy atom. The van der Waals surface area contributed by atoms with Gasteiger partial charge in [-0.2, -0.15) is 0 Å². The molecule has 0 radical (unpaired) electrons. The van der Waals surface area contributed by atoms with Gasteiger partial charge in [0.05, 0.1) is 24.3 Å². The Hall–Kier alpha value is -4.13. The van der Waals surface area contributed by atoms with Crippen LogP contribution in [0.1, 0.15) is 142 Å². The monoisotopic (exact) mass is 709 g/mol. The highest BCUT2D eigenvalue weighted by Gasteiger charge is 2.21. The molecule has 1 heterocycles. The van der Waals surface area contributed by atoms with E-state index in [-0.39, 0.29) is 11.5 Å². The predicted octanol–water partition coefficient (Wildman–Crippen LogP) is 12.4. The largest absolute Gasteiger partial charge is 0.507 e. The van der Waals surface area contributed by atoms with Gasteiger partial charge in [0, 0.05) is 17.7 Å². The van der Waals surface area contributed by atoms with Crippen molar-refractivity contribution in [2.45, 2.75) is 143 Å². The summed E-state index contributed by atoms with van der Waals surface area (Å²) >= 11 is 0. The minimum atomic E-state index is 0.0599. The normalized spacial score (nSPS) is 11.2. The van der Waals surface area contributed by atoms with Gasteiger partial charge in [-0.25, -0.2) is 15.0 Å². The van der Waals surface area contributed by atoms with E-state index in [2.05, 4.69) is 27.7 Å². The Morgan fingerprint density at radius 3 is 1.29 bits per heavy atom. The molecule has 0 atom stereocenters. The van der Waals surface area contributed by atoms with Crippen molar-refractivity contribution in [3.63, 3.8) is 0 Å². The molecular formula is C45H63N3O4. The number of aromatic hydroxyl groups is 2. The molecular weight excluding hydrogens is 647 g/mol. The van der Waals surface area contributed by atoms with Gasteiger partial charge >= 0.3 is 0 Å². The maximum Gasteiger partial charge on any atom is 0.167 e. The second-order valence-corrected chi connectivity index (χ2v) is 14.1. The molecule has 0 saturated carbocycles. The summed E-state index contributed by atoms with van der Waals surface area (Å²) < 4.78 is 12.6. The topological polar surface area (TPSA) is 97.6 Å². The molecule has 2 N–H and O–H groups in total. The summed E-state index contributed by atoms with van der Waals surface area (Å²) in [5.74, 6) is 2.75. The molecule has 4 aromatic rings. The Morgan fingerprint density at radius 1 is 0.462 bits per heavy atom. The molecule has 0 bridgehead atoms. The molecule has 0 fully saturated rings. The van der Waals surface area contributed by atoms with Crippen molar-refractivity contribution in [3.8, 4) is 57.2 Å². The van der Waals surface area contributed by atoms with Gasteiger partial charge in [0.2, 0.25) is 0 Å². The standard InChI is InChI=1S/C45H63N3O4/c1-5-9-13-18-26-35-30-37(39(49)32-41(35)51-28-22-15-11-7-3)44-46-43(34-24-20-17-21-25-34)47-45(48-44)38-31-36(27-19-14-10-6-2)42(33-40(38)50)52-29-23-16-12-8-4/h17,20-21,24-25,30-33,49-50H,5-16,18-19,22-23,26-29H2,1-4H3. The van der Waals surface area contributed by atoms with Crippen molar-refractivity contribution in [1.29, 1.82) is 0 Å². The van der Waals surface area contributed by atoms with E-state index < -0.39 is 0 Å². The van der Waals surface area contributed by atoms with E-state index in [1.807, 2.05) is 42.5 Å². The first-order valence-corrected chi connectivity index (χ1v) is 20.3. The van der Waals surface area contributed by atoms with Crippen molar-refractivity contribution in [1.82, 2.24) is 15.0 Å². The van der Waals surface area contributed by atoms with E-state index in [0.29, 0.717) is 41.8 Å². The Bertz CT molecular complexity index is 1530. The van der Waals surface area contributed by atoms with Gasteiger partial charge in [-0.05, 0) is 61.8 Å². The summed E-state index contributed by atoms with van der Waals surface area (Å²) in [5, 5.41) is 23.0. The highest BCUT2D eigenvalue weighted by atomic mass is 16.5.